The minimum atomic E-state index is 0.616. The van der Waals surface area contributed by atoms with E-state index in [1.54, 1.807) is 0 Å². The molecule has 0 aliphatic carbocycles. The summed E-state index contributed by atoms with van der Waals surface area (Å²) in [5, 5.41) is 0. The third-order valence-electron chi connectivity index (χ3n) is 3.46. The molecule has 0 aromatic carbocycles. The van der Waals surface area contributed by atoms with Crippen molar-refractivity contribution < 1.29 is 28.4 Å². The fourth-order valence-corrected chi connectivity index (χ4v) is 1.83. The zero-order valence-electron chi connectivity index (χ0n) is 18.9. The van der Waals surface area contributed by atoms with Gasteiger partial charge in [0.15, 0.2) is 0 Å². The zero-order chi connectivity index (χ0) is 22.4. The molecule has 0 saturated carbocycles. The van der Waals surface area contributed by atoms with Crippen LogP contribution in [0.2, 0.25) is 0 Å². The molecule has 0 amide bonds. The largest absolute Gasteiger partial charge is 0.379 e. The summed E-state index contributed by atoms with van der Waals surface area (Å²) < 4.78 is 31.6. The van der Waals surface area contributed by atoms with E-state index in [1.165, 1.54) is 0 Å². The lowest BCUT2D eigenvalue weighted by Gasteiger charge is -2.06. The SMILES string of the molecule is NCCCOCCOCCOCCCN.NCCCOCCOCCOCCCN. The molecule has 0 unspecified atom stereocenters. The fraction of sp³-hybridized carbons (Fsp3) is 1.00. The van der Waals surface area contributed by atoms with E-state index in [9.17, 15) is 0 Å². The van der Waals surface area contributed by atoms with E-state index < -0.39 is 0 Å². The van der Waals surface area contributed by atoms with E-state index in [1.807, 2.05) is 0 Å². The van der Waals surface area contributed by atoms with Gasteiger partial charge in [0.05, 0.1) is 52.9 Å². The predicted molar refractivity (Wildman–Crippen MR) is 120 cm³/mol. The number of rotatable bonds is 24. The summed E-state index contributed by atoms with van der Waals surface area (Å²) >= 11 is 0. The number of nitrogens with two attached hydrogens (primary N) is 4. The molecule has 8 N–H and O–H groups in total. The Hall–Kier alpha value is -0.400. The van der Waals surface area contributed by atoms with Crippen LogP contribution >= 0.6 is 0 Å². The minimum Gasteiger partial charge on any atom is -0.379 e. The summed E-state index contributed by atoms with van der Waals surface area (Å²) in [7, 11) is 0. The second-order valence-corrected chi connectivity index (χ2v) is 6.24. The first-order valence-corrected chi connectivity index (χ1v) is 11.1. The molecule has 0 atom stereocenters. The topological polar surface area (TPSA) is 159 Å². The van der Waals surface area contributed by atoms with Gasteiger partial charge >= 0.3 is 0 Å². The standard InChI is InChI=1S/2C10H24N2O3/c2*11-3-1-5-13-7-9-15-10-8-14-6-2-4-12/h2*1-12H2. The van der Waals surface area contributed by atoms with Crippen molar-refractivity contribution in [2.24, 2.45) is 22.9 Å². The summed E-state index contributed by atoms with van der Waals surface area (Å²) in [5.41, 5.74) is 21.2. The van der Waals surface area contributed by atoms with Gasteiger partial charge in [0.25, 0.3) is 0 Å². The molecule has 0 fully saturated rings. The number of hydrogen-bond acceptors (Lipinski definition) is 10. The van der Waals surface area contributed by atoms with Crippen molar-refractivity contribution in [3.8, 4) is 0 Å². The lowest BCUT2D eigenvalue weighted by Crippen LogP contribution is -2.12. The third kappa shape index (κ3) is 35.1. The molecule has 0 aromatic heterocycles. The molecule has 0 saturated heterocycles. The second-order valence-electron chi connectivity index (χ2n) is 6.24. The maximum Gasteiger partial charge on any atom is 0.0701 e. The fourth-order valence-electron chi connectivity index (χ4n) is 1.83. The van der Waals surface area contributed by atoms with Gasteiger partial charge in [-0.05, 0) is 51.9 Å². The van der Waals surface area contributed by atoms with Gasteiger partial charge < -0.3 is 51.4 Å². The van der Waals surface area contributed by atoms with E-state index in [0.717, 1.165) is 25.7 Å². The Morgan fingerprint density at radius 3 is 0.600 bits per heavy atom. The Labute approximate surface area is 183 Å². The Balaban J connectivity index is 0. The first-order valence-electron chi connectivity index (χ1n) is 11.1. The molecule has 0 radical (unpaired) electrons. The molecule has 10 heteroatoms. The van der Waals surface area contributed by atoms with E-state index >= 15 is 0 Å². The van der Waals surface area contributed by atoms with Crippen molar-refractivity contribution in [1.82, 2.24) is 0 Å². The molecular weight excluding hydrogens is 392 g/mol. The zero-order valence-corrected chi connectivity index (χ0v) is 18.9. The summed E-state index contributed by atoms with van der Waals surface area (Å²) in [6.07, 6.45) is 3.62. The van der Waals surface area contributed by atoms with Crippen molar-refractivity contribution in [3.63, 3.8) is 0 Å². The van der Waals surface area contributed by atoms with Crippen molar-refractivity contribution in [3.05, 3.63) is 0 Å². The van der Waals surface area contributed by atoms with Crippen LogP contribution in [0, 0.1) is 0 Å². The van der Waals surface area contributed by atoms with Crippen LogP contribution in [0.3, 0.4) is 0 Å². The Morgan fingerprint density at radius 2 is 0.433 bits per heavy atom. The summed E-state index contributed by atoms with van der Waals surface area (Å²) in [6, 6.07) is 0. The highest BCUT2D eigenvalue weighted by molar-refractivity contribution is 4.39. The highest BCUT2D eigenvalue weighted by Crippen LogP contribution is 1.85. The van der Waals surface area contributed by atoms with Crippen LogP contribution in [0.25, 0.3) is 0 Å². The third-order valence-corrected chi connectivity index (χ3v) is 3.46. The molecular formula is C20H48N4O6. The highest BCUT2D eigenvalue weighted by atomic mass is 16.5. The van der Waals surface area contributed by atoms with Crippen LogP contribution in [0.5, 0.6) is 0 Å². The smallest absolute Gasteiger partial charge is 0.0701 e. The van der Waals surface area contributed by atoms with Gasteiger partial charge in [0.1, 0.15) is 0 Å². The van der Waals surface area contributed by atoms with Gasteiger partial charge in [-0.15, -0.1) is 0 Å². The highest BCUT2D eigenvalue weighted by Gasteiger charge is 1.92. The molecule has 0 aromatic rings. The maximum atomic E-state index is 5.31. The first-order chi connectivity index (χ1) is 14.8. The van der Waals surface area contributed by atoms with Crippen LogP contribution in [-0.2, 0) is 28.4 Å². The normalized spacial score (nSPS) is 10.8. The quantitative estimate of drug-likeness (QED) is 0.144. The van der Waals surface area contributed by atoms with Crippen LogP contribution in [0.1, 0.15) is 25.7 Å². The van der Waals surface area contributed by atoms with Crippen molar-refractivity contribution in [2.45, 2.75) is 25.7 Å². The van der Waals surface area contributed by atoms with Crippen LogP contribution in [0.15, 0.2) is 0 Å². The Bertz CT molecular complexity index is 232. The second kappa shape index (κ2) is 33.2. The van der Waals surface area contributed by atoms with Gasteiger partial charge in [-0.3, -0.25) is 0 Å². The van der Waals surface area contributed by atoms with Gasteiger partial charge in [0.2, 0.25) is 0 Å². The van der Waals surface area contributed by atoms with E-state index in [0.29, 0.717) is 105 Å². The van der Waals surface area contributed by atoms with Gasteiger partial charge in [-0.25, -0.2) is 0 Å². The predicted octanol–water partition coefficient (Wildman–Crippen LogP) is -0.532. The number of hydrogen-bond donors (Lipinski definition) is 4. The van der Waals surface area contributed by atoms with Gasteiger partial charge in [0, 0.05) is 26.4 Å². The minimum absolute atomic E-state index is 0.616. The van der Waals surface area contributed by atoms with Gasteiger partial charge in [-0.2, -0.15) is 0 Å². The molecule has 0 heterocycles. The van der Waals surface area contributed by atoms with E-state index in [4.69, 9.17) is 51.4 Å². The van der Waals surface area contributed by atoms with Crippen LogP contribution in [0.4, 0.5) is 0 Å². The molecule has 0 bridgehead atoms. The van der Waals surface area contributed by atoms with Crippen LogP contribution in [-0.4, -0.2) is 105 Å². The molecule has 0 rings (SSSR count). The molecule has 184 valence electrons. The van der Waals surface area contributed by atoms with Crippen LogP contribution < -0.4 is 22.9 Å². The van der Waals surface area contributed by atoms with E-state index in [2.05, 4.69) is 0 Å². The average molecular weight is 441 g/mol. The van der Waals surface area contributed by atoms with E-state index in [-0.39, 0.29) is 0 Å². The first kappa shape index (κ1) is 31.8. The molecule has 30 heavy (non-hydrogen) atoms. The summed E-state index contributed by atoms with van der Waals surface area (Å²) in [4.78, 5) is 0. The van der Waals surface area contributed by atoms with Crippen molar-refractivity contribution in [1.29, 1.82) is 0 Å². The van der Waals surface area contributed by atoms with Gasteiger partial charge in [-0.1, -0.05) is 0 Å². The molecule has 0 aliphatic rings. The summed E-state index contributed by atoms with van der Waals surface area (Å²) in [5.74, 6) is 0. The maximum absolute atomic E-state index is 5.31. The lowest BCUT2D eigenvalue weighted by molar-refractivity contribution is 0.0143. The average Bonchev–Trinajstić information content (AvgIpc) is 2.76. The van der Waals surface area contributed by atoms with Crippen molar-refractivity contribution >= 4 is 0 Å². The monoisotopic (exact) mass is 440 g/mol. The number of ether oxygens (including phenoxy) is 6. The van der Waals surface area contributed by atoms with Crippen molar-refractivity contribution in [2.75, 3.05) is 105 Å². The lowest BCUT2D eigenvalue weighted by atomic mass is 10.5. The molecule has 0 aliphatic heterocycles. The summed E-state index contributed by atoms with van der Waals surface area (Å²) in [6.45, 7) is 10.5. The Morgan fingerprint density at radius 1 is 0.267 bits per heavy atom. The molecule has 0 spiro atoms. The Kier molecular flexibility index (Phi) is 35.2. The molecule has 10 nitrogen and oxygen atoms in total.